The molecule has 14 heavy (non-hydrogen) atoms. The van der Waals surface area contributed by atoms with Gasteiger partial charge in [0.1, 0.15) is 0 Å². The van der Waals surface area contributed by atoms with Crippen LogP contribution in [0.2, 0.25) is 0 Å². The Morgan fingerprint density at radius 2 is 1.93 bits per heavy atom. The lowest BCUT2D eigenvalue weighted by molar-refractivity contribution is 0.389. The van der Waals surface area contributed by atoms with E-state index in [0.29, 0.717) is 6.04 Å². The first-order chi connectivity index (χ1) is 6.74. The van der Waals surface area contributed by atoms with Crippen LogP contribution in [0, 0.1) is 5.92 Å². The summed E-state index contributed by atoms with van der Waals surface area (Å²) in [5.74, 6) is 0.733. The molecule has 0 spiro atoms. The van der Waals surface area contributed by atoms with Crippen molar-refractivity contribution in [3.8, 4) is 0 Å². The minimum absolute atomic E-state index is 0.577. The van der Waals surface area contributed by atoms with Crippen LogP contribution in [0.25, 0.3) is 0 Å². The topological polar surface area (TPSA) is 24.9 Å². The molecule has 1 aromatic rings. The zero-order valence-electron chi connectivity index (χ0n) is 9.33. The van der Waals surface area contributed by atoms with Crippen LogP contribution in [0.1, 0.15) is 32.8 Å². The fourth-order valence-corrected chi connectivity index (χ4v) is 1.33. The Labute approximate surface area is 86.8 Å². The molecule has 78 valence electrons. The van der Waals surface area contributed by atoms with Gasteiger partial charge in [0.15, 0.2) is 0 Å². The van der Waals surface area contributed by atoms with E-state index in [1.165, 1.54) is 12.0 Å². The molecule has 0 radical (unpaired) electrons. The van der Waals surface area contributed by atoms with Gasteiger partial charge in [-0.05, 0) is 30.5 Å². The summed E-state index contributed by atoms with van der Waals surface area (Å²) in [5.41, 5.74) is 1.30. The van der Waals surface area contributed by atoms with Crippen molar-refractivity contribution in [2.24, 2.45) is 5.92 Å². The molecule has 0 fully saturated rings. The Morgan fingerprint density at radius 3 is 2.50 bits per heavy atom. The molecule has 2 heteroatoms. The molecule has 2 atom stereocenters. The Morgan fingerprint density at radius 1 is 1.29 bits per heavy atom. The maximum absolute atomic E-state index is 4.00. The highest BCUT2D eigenvalue weighted by molar-refractivity contribution is 5.09. The minimum atomic E-state index is 0.577. The maximum atomic E-state index is 4.00. The maximum Gasteiger partial charge on any atom is 0.0271 e. The van der Waals surface area contributed by atoms with Gasteiger partial charge < -0.3 is 5.32 Å². The molecule has 2 nitrogen and oxygen atoms in total. The predicted molar refractivity (Wildman–Crippen MR) is 60.0 cm³/mol. The summed E-state index contributed by atoms with van der Waals surface area (Å²) >= 11 is 0. The molecule has 0 saturated heterocycles. The van der Waals surface area contributed by atoms with Gasteiger partial charge in [-0.1, -0.05) is 20.3 Å². The average molecular weight is 192 g/mol. The number of rotatable bonds is 5. The van der Waals surface area contributed by atoms with E-state index in [1.807, 2.05) is 12.4 Å². The molecule has 1 aromatic heterocycles. The lowest BCUT2D eigenvalue weighted by Gasteiger charge is -2.19. The Balaban J connectivity index is 2.34. The normalized spacial score (nSPS) is 15.1. The van der Waals surface area contributed by atoms with Gasteiger partial charge in [0.05, 0.1) is 0 Å². The lowest BCUT2D eigenvalue weighted by atomic mass is 10.0. The van der Waals surface area contributed by atoms with Crippen LogP contribution in [0.3, 0.4) is 0 Å². The van der Waals surface area contributed by atoms with E-state index < -0.39 is 0 Å². The van der Waals surface area contributed by atoms with E-state index in [1.54, 1.807) is 0 Å². The van der Waals surface area contributed by atoms with Gasteiger partial charge in [0.2, 0.25) is 0 Å². The first-order valence-corrected chi connectivity index (χ1v) is 5.36. The summed E-state index contributed by atoms with van der Waals surface area (Å²) in [6.45, 7) is 7.70. The monoisotopic (exact) mass is 192 g/mol. The molecular formula is C12H20N2. The minimum Gasteiger partial charge on any atom is -0.310 e. The third kappa shape index (κ3) is 3.46. The number of hydrogen-bond acceptors (Lipinski definition) is 2. The second kappa shape index (κ2) is 5.76. The number of nitrogens with one attached hydrogen (secondary N) is 1. The summed E-state index contributed by atoms with van der Waals surface area (Å²) < 4.78 is 0. The SMILES string of the molecule is CC[C@H](C)[C@H](C)NCc1ccncc1. The molecule has 0 bridgehead atoms. The molecule has 0 aliphatic heterocycles. The van der Waals surface area contributed by atoms with Gasteiger partial charge in [0, 0.05) is 25.0 Å². The Kier molecular flexibility index (Phi) is 4.60. The Hall–Kier alpha value is -0.890. The fourth-order valence-electron chi connectivity index (χ4n) is 1.33. The number of pyridine rings is 1. The predicted octanol–water partition coefficient (Wildman–Crippen LogP) is 2.61. The highest BCUT2D eigenvalue weighted by Gasteiger charge is 2.08. The summed E-state index contributed by atoms with van der Waals surface area (Å²) in [5, 5.41) is 3.52. The van der Waals surface area contributed by atoms with Crippen LogP contribution < -0.4 is 5.32 Å². The van der Waals surface area contributed by atoms with Gasteiger partial charge in [-0.2, -0.15) is 0 Å². The second-order valence-electron chi connectivity index (χ2n) is 3.91. The van der Waals surface area contributed by atoms with Crippen molar-refractivity contribution >= 4 is 0 Å². The third-order valence-electron chi connectivity index (χ3n) is 2.88. The van der Waals surface area contributed by atoms with Crippen LogP contribution in [-0.2, 0) is 6.54 Å². The van der Waals surface area contributed by atoms with Crippen LogP contribution in [-0.4, -0.2) is 11.0 Å². The van der Waals surface area contributed by atoms with Crippen molar-refractivity contribution in [1.82, 2.24) is 10.3 Å². The van der Waals surface area contributed by atoms with Crippen molar-refractivity contribution in [3.63, 3.8) is 0 Å². The van der Waals surface area contributed by atoms with Crippen molar-refractivity contribution in [1.29, 1.82) is 0 Å². The highest BCUT2D eigenvalue weighted by atomic mass is 14.9. The molecule has 0 aromatic carbocycles. The molecule has 0 saturated carbocycles. The quantitative estimate of drug-likeness (QED) is 0.775. The zero-order chi connectivity index (χ0) is 10.4. The van der Waals surface area contributed by atoms with Crippen LogP contribution in [0.4, 0.5) is 0 Å². The summed E-state index contributed by atoms with van der Waals surface area (Å²) in [6, 6.07) is 4.68. The van der Waals surface area contributed by atoms with Crippen LogP contribution >= 0.6 is 0 Å². The largest absolute Gasteiger partial charge is 0.310 e. The van der Waals surface area contributed by atoms with Gasteiger partial charge in [-0.3, -0.25) is 4.98 Å². The van der Waals surface area contributed by atoms with Crippen LogP contribution in [0.5, 0.6) is 0 Å². The standard InChI is InChI=1S/C12H20N2/c1-4-10(2)11(3)14-9-12-5-7-13-8-6-12/h5-8,10-11,14H,4,9H2,1-3H3/t10-,11-/m0/s1. The summed E-state index contributed by atoms with van der Waals surface area (Å²) in [6.07, 6.45) is 4.90. The molecule has 0 amide bonds. The fraction of sp³-hybridized carbons (Fsp3) is 0.583. The molecule has 1 rings (SSSR count). The molecular weight excluding hydrogens is 172 g/mol. The van der Waals surface area contributed by atoms with E-state index in [-0.39, 0.29) is 0 Å². The molecule has 0 aliphatic carbocycles. The van der Waals surface area contributed by atoms with E-state index in [0.717, 1.165) is 12.5 Å². The van der Waals surface area contributed by atoms with Crippen molar-refractivity contribution in [2.45, 2.75) is 39.8 Å². The first-order valence-electron chi connectivity index (χ1n) is 5.36. The molecule has 1 N–H and O–H groups in total. The van der Waals surface area contributed by atoms with Crippen molar-refractivity contribution in [3.05, 3.63) is 30.1 Å². The Bertz CT molecular complexity index is 246. The second-order valence-corrected chi connectivity index (χ2v) is 3.91. The van der Waals surface area contributed by atoms with E-state index in [2.05, 4.69) is 43.2 Å². The summed E-state index contributed by atoms with van der Waals surface area (Å²) in [4.78, 5) is 4.00. The number of aromatic nitrogens is 1. The number of hydrogen-bond donors (Lipinski definition) is 1. The van der Waals surface area contributed by atoms with Crippen LogP contribution in [0.15, 0.2) is 24.5 Å². The lowest BCUT2D eigenvalue weighted by Crippen LogP contribution is -2.31. The van der Waals surface area contributed by atoms with Gasteiger partial charge >= 0.3 is 0 Å². The van der Waals surface area contributed by atoms with E-state index in [4.69, 9.17) is 0 Å². The third-order valence-corrected chi connectivity index (χ3v) is 2.88. The molecule has 0 aliphatic rings. The first kappa shape index (κ1) is 11.2. The van der Waals surface area contributed by atoms with E-state index in [9.17, 15) is 0 Å². The molecule has 1 heterocycles. The summed E-state index contributed by atoms with van der Waals surface area (Å²) in [7, 11) is 0. The van der Waals surface area contributed by atoms with E-state index >= 15 is 0 Å². The van der Waals surface area contributed by atoms with Gasteiger partial charge in [0.25, 0.3) is 0 Å². The highest BCUT2D eigenvalue weighted by Crippen LogP contribution is 2.07. The molecule has 0 unspecified atom stereocenters. The van der Waals surface area contributed by atoms with Gasteiger partial charge in [-0.25, -0.2) is 0 Å². The van der Waals surface area contributed by atoms with Crippen molar-refractivity contribution < 1.29 is 0 Å². The van der Waals surface area contributed by atoms with Gasteiger partial charge in [-0.15, -0.1) is 0 Å². The van der Waals surface area contributed by atoms with Crippen molar-refractivity contribution in [2.75, 3.05) is 0 Å². The zero-order valence-corrected chi connectivity index (χ0v) is 9.33. The number of nitrogens with zero attached hydrogens (tertiary/aromatic N) is 1. The average Bonchev–Trinajstić information content (AvgIpc) is 2.26. The smallest absolute Gasteiger partial charge is 0.0271 e.